The summed E-state index contributed by atoms with van der Waals surface area (Å²) < 4.78 is 5.33. The maximum atomic E-state index is 11.6. The Bertz CT molecular complexity index is 229. The minimum atomic E-state index is -0.344. The van der Waals surface area contributed by atoms with Gasteiger partial charge in [0.15, 0.2) is 0 Å². The van der Waals surface area contributed by atoms with Gasteiger partial charge in [0.1, 0.15) is 6.10 Å². The summed E-state index contributed by atoms with van der Waals surface area (Å²) in [5.74, 6) is -0.551. The highest BCUT2D eigenvalue weighted by Gasteiger charge is 2.21. The molecule has 1 aliphatic carbocycles. The SMILES string of the molecule is C=C(C(=O)OC1CCCCC1)C(C)CO. The first-order valence-corrected chi connectivity index (χ1v) is 5.65. The van der Waals surface area contributed by atoms with E-state index in [0.29, 0.717) is 5.57 Å². The third kappa shape index (κ3) is 3.67. The quantitative estimate of drug-likeness (QED) is 0.573. The standard InChI is InChI=1S/C12H20O3/c1-9(8-13)10(2)12(14)15-11-6-4-3-5-7-11/h9,11,13H,2-8H2,1H3. The maximum absolute atomic E-state index is 11.6. The van der Waals surface area contributed by atoms with Gasteiger partial charge in [0.25, 0.3) is 0 Å². The average molecular weight is 212 g/mol. The van der Waals surface area contributed by atoms with Crippen LogP contribution in [0, 0.1) is 5.92 Å². The van der Waals surface area contributed by atoms with E-state index < -0.39 is 0 Å². The van der Waals surface area contributed by atoms with Gasteiger partial charge in [-0.1, -0.05) is 19.9 Å². The van der Waals surface area contributed by atoms with Crippen LogP contribution in [0.3, 0.4) is 0 Å². The van der Waals surface area contributed by atoms with Gasteiger partial charge in [0, 0.05) is 18.1 Å². The zero-order valence-electron chi connectivity index (χ0n) is 9.37. The van der Waals surface area contributed by atoms with Crippen molar-refractivity contribution in [3.63, 3.8) is 0 Å². The summed E-state index contributed by atoms with van der Waals surface area (Å²) in [6.45, 7) is 5.37. The first-order chi connectivity index (χ1) is 7.15. The van der Waals surface area contributed by atoms with Crippen molar-refractivity contribution in [1.82, 2.24) is 0 Å². The minimum Gasteiger partial charge on any atom is -0.459 e. The second-order valence-corrected chi connectivity index (χ2v) is 4.27. The van der Waals surface area contributed by atoms with Gasteiger partial charge in [0.2, 0.25) is 0 Å². The van der Waals surface area contributed by atoms with Gasteiger partial charge < -0.3 is 9.84 Å². The van der Waals surface area contributed by atoms with E-state index in [1.54, 1.807) is 6.92 Å². The third-order valence-electron chi connectivity index (χ3n) is 2.96. The summed E-state index contributed by atoms with van der Waals surface area (Å²) in [5, 5.41) is 8.89. The van der Waals surface area contributed by atoms with E-state index in [1.807, 2.05) is 0 Å². The number of aliphatic hydroxyl groups is 1. The van der Waals surface area contributed by atoms with Crippen LogP contribution in [0.25, 0.3) is 0 Å². The van der Waals surface area contributed by atoms with Crippen LogP contribution in [0.15, 0.2) is 12.2 Å². The van der Waals surface area contributed by atoms with Crippen molar-refractivity contribution < 1.29 is 14.6 Å². The summed E-state index contributed by atoms with van der Waals surface area (Å²) in [7, 11) is 0. The number of esters is 1. The van der Waals surface area contributed by atoms with Crippen molar-refractivity contribution in [2.45, 2.75) is 45.1 Å². The predicted octanol–water partition coefficient (Wildman–Crippen LogP) is 2.05. The van der Waals surface area contributed by atoms with E-state index in [4.69, 9.17) is 9.84 Å². The Labute approximate surface area is 91.1 Å². The van der Waals surface area contributed by atoms with Crippen LogP contribution in [0.1, 0.15) is 39.0 Å². The fourth-order valence-electron chi connectivity index (χ4n) is 1.72. The number of hydrogen-bond acceptors (Lipinski definition) is 3. The summed E-state index contributed by atoms with van der Waals surface area (Å²) in [5.41, 5.74) is 0.378. The summed E-state index contributed by atoms with van der Waals surface area (Å²) in [6.07, 6.45) is 5.51. The molecular weight excluding hydrogens is 192 g/mol. The molecule has 0 aromatic rings. The third-order valence-corrected chi connectivity index (χ3v) is 2.96. The van der Waals surface area contributed by atoms with E-state index >= 15 is 0 Å². The van der Waals surface area contributed by atoms with Crippen LogP contribution in [-0.2, 0) is 9.53 Å². The van der Waals surface area contributed by atoms with Gasteiger partial charge in [-0.2, -0.15) is 0 Å². The molecule has 1 saturated carbocycles. The molecule has 1 aliphatic rings. The van der Waals surface area contributed by atoms with Crippen LogP contribution in [-0.4, -0.2) is 23.8 Å². The van der Waals surface area contributed by atoms with E-state index in [9.17, 15) is 4.79 Å². The van der Waals surface area contributed by atoms with Crippen LogP contribution in [0.4, 0.5) is 0 Å². The van der Waals surface area contributed by atoms with Crippen molar-refractivity contribution in [2.24, 2.45) is 5.92 Å². The second kappa shape index (κ2) is 5.91. The van der Waals surface area contributed by atoms with Crippen LogP contribution < -0.4 is 0 Å². The van der Waals surface area contributed by atoms with Crippen molar-refractivity contribution in [2.75, 3.05) is 6.61 Å². The lowest BCUT2D eigenvalue weighted by molar-refractivity contribution is -0.146. The Morgan fingerprint density at radius 2 is 2.07 bits per heavy atom. The second-order valence-electron chi connectivity index (χ2n) is 4.27. The molecule has 1 fully saturated rings. The Hall–Kier alpha value is -0.830. The molecule has 1 unspecified atom stereocenters. The number of rotatable bonds is 4. The first kappa shape index (κ1) is 12.2. The number of ether oxygens (including phenoxy) is 1. The minimum absolute atomic E-state index is 0.0569. The predicted molar refractivity (Wildman–Crippen MR) is 58.4 cm³/mol. The normalized spacial score (nSPS) is 19.6. The molecule has 3 heteroatoms. The fourth-order valence-corrected chi connectivity index (χ4v) is 1.72. The molecular formula is C12H20O3. The van der Waals surface area contributed by atoms with Crippen LogP contribution in [0.2, 0.25) is 0 Å². The number of carbonyl (C=O) groups is 1. The molecule has 0 bridgehead atoms. The fraction of sp³-hybridized carbons (Fsp3) is 0.750. The number of aliphatic hydroxyl groups excluding tert-OH is 1. The Morgan fingerprint density at radius 1 is 1.47 bits per heavy atom. The number of carbonyl (C=O) groups excluding carboxylic acids is 1. The molecule has 86 valence electrons. The van der Waals surface area contributed by atoms with Gasteiger partial charge in [-0.15, -0.1) is 0 Å². The van der Waals surface area contributed by atoms with Gasteiger partial charge in [-0.3, -0.25) is 0 Å². The highest BCUT2D eigenvalue weighted by Crippen LogP contribution is 2.22. The lowest BCUT2D eigenvalue weighted by Gasteiger charge is -2.23. The largest absolute Gasteiger partial charge is 0.459 e. The Balaban J connectivity index is 2.36. The highest BCUT2D eigenvalue weighted by molar-refractivity contribution is 5.88. The van der Waals surface area contributed by atoms with Crippen molar-refractivity contribution >= 4 is 5.97 Å². The van der Waals surface area contributed by atoms with E-state index in [1.165, 1.54) is 6.42 Å². The smallest absolute Gasteiger partial charge is 0.334 e. The van der Waals surface area contributed by atoms with E-state index in [2.05, 4.69) is 6.58 Å². The molecule has 1 N–H and O–H groups in total. The molecule has 1 rings (SSSR count). The van der Waals surface area contributed by atoms with Gasteiger partial charge in [-0.05, 0) is 25.7 Å². The zero-order chi connectivity index (χ0) is 11.3. The van der Waals surface area contributed by atoms with Gasteiger partial charge in [-0.25, -0.2) is 4.79 Å². The molecule has 0 radical (unpaired) electrons. The molecule has 1 atom stereocenters. The van der Waals surface area contributed by atoms with E-state index in [-0.39, 0.29) is 24.6 Å². The monoisotopic (exact) mass is 212 g/mol. The zero-order valence-corrected chi connectivity index (χ0v) is 9.37. The summed E-state index contributed by atoms with van der Waals surface area (Å²) in [4.78, 5) is 11.6. The average Bonchev–Trinajstić information content (AvgIpc) is 2.28. The summed E-state index contributed by atoms with van der Waals surface area (Å²) in [6, 6.07) is 0. The Morgan fingerprint density at radius 3 is 2.60 bits per heavy atom. The maximum Gasteiger partial charge on any atom is 0.334 e. The Kier molecular flexibility index (Phi) is 4.82. The van der Waals surface area contributed by atoms with Crippen molar-refractivity contribution in [1.29, 1.82) is 0 Å². The molecule has 15 heavy (non-hydrogen) atoms. The molecule has 0 spiro atoms. The number of hydrogen-bond donors (Lipinski definition) is 1. The lowest BCUT2D eigenvalue weighted by atomic mass is 9.97. The molecule has 0 heterocycles. The van der Waals surface area contributed by atoms with Crippen LogP contribution in [0.5, 0.6) is 0 Å². The molecule has 3 nitrogen and oxygen atoms in total. The molecule has 0 amide bonds. The van der Waals surface area contributed by atoms with Crippen molar-refractivity contribution in [3.8, 4) is 0 Å². The van der Waals surface area contributed by atoms with Gasteiger partial charge in [0.05, 0.1) is 0 Å². The molecule has 0 aliphatic heterocycles. The first-order valence-electron chi connectivity index (χ1n) is 5.65. The van der Waals surface area contributed by atoms with Gasteiger partial charge >= 0.3 is 5.97 Å². The molecule has 0 saturated heterocycles. The topological polar surface area (TPSA) is 46.5 Å². The molecule has 0 aromatic heterocycles. The summed E-state index contributed by atoms with van der Waals surface area (Å²) >= 11 is 0. The molecule has 0 aromatic carbocycles. The van der Waals surface area contributed by atoms with E-state index in [0.717, 1.165) is 25.7 Å². The van der Waals surface area contributed by atoms with Crippen molar-refractivity contribution in [3.05, 3.63) is 12.2 Å². The lowest BCUT2D eigenvalue weighted by Crippen LogP contribution is -2.24. The highest BCUT2D eigenvalue weighted by atomic mass is 16.5. The van der Waals surface area contributed by atoms with Crippen LogP contribution >= 0.6 is 0 Å².